The van der Waals surface area contributed by atoms with Crippen molar-refractivity contribution in [2.45, 2.75) is 52.5 Å². The lowest BCUT2D eigenvalue weighted by Gasteiger charge is -2.25. The van der Waals surface area contributed by atoms with Crippen LogP contribution in [0.5, 0.6) is 0 Å². The number of nitrogens with one attached hydrogen (secondary N) is 1. The maximum atomic E-state index is 4.71. The molecule has 0 radical (unpaired) electrons. The molecule has 2 aromatic rings. The van der Waals surface area contributed by atoms with Gasteiger partial charge in [0, 0.05) is 30.2 Å². The van der Waals surface area contributed by atoms with Crippen LogP contribution in [0.15, 0.2) is 17.8 Å². The molecule has 0 fully saturated rings. The van der Waals surface area contributed by atoms with E-state index in [1.165, 1.54) is 25.0 Å². The van der Waals surface area contributed by atoms with Crippen molar-refractivity contribution in [3.8, 4) is 0 Å². The largest absolute Gasteiger partial charge is 0.313 e. The summed E-state index contributed by atoms with van der Waals surface area (Å²) in [6.07, 6.45) is 8.97. The average Bonchev–Trinajstić information content (AvgIpc) is 2.97. The third-order valence-corrected chi connectivity index (χ3v) is 4.62. The molecule has 0 amide bonds. The Kier molecular flexibility index (Phi) is 5.40. The molecule has 19 heavy (non-hydrogen) atoms. The van der Waals surface area contributed by atoms with Gasteiger partial charge in [-0.05, 0) is 18.9 Å². The minimum atomic E-state index is 0.555. The molecule has 4 heteroatoms. The van der Waals surface area contributed by atoms with Gasteiger partial charge in [0.25, 0.3) is 0 Å². The first-order valence-electron chi connectivity index (χ1n) is 7.42. The average molecular weight is 279 g/mol. The van der Waals surface area contributed by atoms with Gasteiger partial charge in [-0.3, -0.25) is 4.40 Å². The number of hydrogen-bond acceptors (Lipinski definition) is 3. The summed E-state index contributed by atoms with van der Waals surface area (Å²) in [5.74, 6) is 0.742. The van der Waals surface area contributed by atoms with Crippen molar-refractivity contribution in [3.05, 3.63) is 23.5 Å². The second kappa shape index (κ2) is 7.06. The summed E-state index contributed by atoms with van der Waals surface area (Å²) in [4.78, 5) is 5.82. The van der Waals surface area contributed by atoms with Gasteiger partial charge >= 0.3 is 0 Å². The van der Waals surface area contributed by atoms with Gasteiger partial charge < -0.3 is 5.32 Å². The van der Waals surface area contributed by atoms with Gasteiger partial charge in [-0.25, -0.2) is 4.98 Å². The van der Waals surface area contributed by atoms with Gasteiger partial charge in [0.15, 0.2) is 4.96 Å². The Bertz CT molecular complexity index is 456. The van der Waals surface area contributed by atoms with Crippen LogP contribution in [0.3, 0.4) is 0 Å². The molecular formula is C15H25N3S. The molecule has 0 saturated carbocycles. The van der Waals surface area contributed by atoms with E-state index in [1.54, 1.807) is 11.3 Å². The lowest BCUT2D eigenvalue weighted by molar-refractivity contribution is 0.330. The minimum Gasteiger partial charge on any atom is -0.313 e. The molecule has 1 unspecified atom stereocenters. The predicted molar refractivity (Wildman–Crippen MR) is 82.9 cm³/mol. The Morgan fingerprint density at radius 2 is 2.11 bits per heavy atom. The highest BCUT2D eigenvalue weighted by Crippen LogP contribution is 2.19. The van der Waals surface area contributed by atoms with Crippen LogP contribution in [-0.4, -0.2) is 22.0 Å². The summed E-state index contributed by atoms with van der Waals surface area (Å²) in [7, 11) is 0. The summed E-state index contributed by atoms with van der Waals surface area (Å²) < 4.78 is 2.13. The monoisotopic (exact) mass is 279 g/mol. The van der Waals surface area contributed by atoms with Gasteiger partial charge in [0.1, 0.15) is 0 Å². The Balaban J connectivity index is 2.07. The zero-order valence-electron chi connectivity index (χ0n) is 12.2. The number of fused-ring (bicyclic) bond motifs is 1. The third kappa shape index (κ3) is 3.57. The number of hydrogen-bond donors (Lipinski definition) is 1. The fraction of sp³-hybridized carbons (Fsp3) is 0.667. The van der Waals surface area contributed by atoms with Crippen LogP contribution in [0.4, 0.5) is 0 Å². The van der Waals surface area contributed by atoms with Crippen LogP contribution in [-0.2, 0) is 6.42 Å². The molecule has 0 bridgehead atoms. The maximum absolute atomic E-state index is 4.71. The molecule has 1 atom stereocenters. The maximum Gasteiger partial charge on any atom is 0.193 e. The van der Waals surface area contributed by atoms with Crippen LogP contribution >= 0.6 is 11.3 Å². The van der Waals surface area contributed by atoms with E-state index >= 15 is 0 Å². The van der Waals surface area contributed by atoms with Crippen LogP contribution in [0.25, 0.3) is 4.96 Å². The lowest BCUT2D eigenvalue weighted by atomic mass is 9.91. The van der Waals surface area contributed by atoms with Crippen molar-refractivity contribution in [1.29, 1.82) is 0 Å². The molecule has 2 heterocycles. The smallest absolute Gasteiger partial charge is 0.193 e. The summed E-state index contributed by atoms with van der Waals surface area (Å²) in [5, 5.41) is 5.79. The van der Waals surface area contributed by atoms with Crippen LogP contribution in [0.2, 0.25) is 0 Å². The van der Waals surface area contributed by atoms with Crippen LogP contribution in [0, 0.1) is 5.92 Å². The highest BCUT2D eigenvalue weighted by Gasteiger charge is 2.19. The molecule has 0 aliphatic rings. The highest BCUT2D eigenvalue weighted by atomic mass is 32.1. The Morgan fingerprint density at radius 1 is 1.32 bits per heavy atom. The summed E-state index contributed by atoms with van der Waals surface area (Å²) in [6, 6.07) is 0.555. The van der Waals surface area contributed by atoms with Gasteiger partial charge in [-0.1, -0.05) is 33.6 Å². The molecule has 106 valence electrons. The van der Waals surface area contributed by atoms with Crippen molar-refractivity contribution in [2.75, 3.05) is 6.54 Å². The number of aromatic nitrogens is 2. The standard InChI is InChI=1S/C15H25N3S/c1-4-7-16-14(12(5-2)6-3)10-13-11-18-8-9-19-15(18)17-13/h8-9,11-12,14,16H,4-7,10H2,1-3H3. The Labute approximate surface area is 120 Å². The molecule has 0 aromatic carbocycles. The number of imidazole rings is 1. The zero-order valence-corrected chi connectivity index (χ0v) is 13.0. The number of thiazole rings is 1. The van der Waals surface area contributed by atoms with E-state index in [0.29, 0.717) is 6.04 Å². The summed E-state index contributed by atoms with van der Waals surface area (Å²) in [6.45, 7) is 7.91. The number of nitrogens with zero attached hydrogens (tertiary/aromatic N) is 2. The SMILES string of the molecule is CCCNC(Cc1cn2ccsc2n1)C(CC)CC. The van der Waals surface area contributed by atoms with Crippen molar-refractivity contribution < 1.29 is 0 Å². The van der Waals surface area contributed by atoms with Crippen molar-refractivity contribution in [2.24, 2.45) is 5.92 Å². The first kappa shape index (κ1) is 14.5. The van der Waals surface area contributed by atoms with Crippen molar-refractivity contribution in [3.63, 3.8) is 0 Å². The van der Waals surface area contributed by atoms with Gasteiger partial charge in [0.05, 0.1) is 5.69 Å². The minimum absolute atomic E-state index is 0.555. The molecule has 2 rings (SSSR count). The number of rotatable bonds is 8. The first-order chi connectivity index (χ1) is 9.28. The molecule has 2 aromatic heterocycles. The molecule has 1 N–H and O–H groups in total. The molecule has 3 nitrogen and oxygen atoms in total. The molecule has 0 spiro atoms. The first-order valence-corrected chi connectivity index (χ1v) is 8.30. The topological polar surface area (TPSA) is 29.3 Å². The van der Waals surface area contributed by atoms with E-state index in [9.17, 15) is 0 Å². The Morgan fingerprint density at radius 3 is 2.74 bits per heavy atom. The molecular weight excluding hydrogens is 254 g/mol. The molecule has 0 aliphatic carbocycles. The van der Waals surface area contributed by atoms with E-state index in [2.05, 4.69) is 48.3 Å². The molecule has 0 saturated heterocycles. The fourth-order valence-corrected chi connectivity index (χ4v) is 3.41. The highest BCUT2D eigenvalue weighted by molar-refractivity contribution is 7.15. The van der Waals surface area contributed by atoms with Gasteiger partial charge in [0.2, 0.25) is 0 Å². The van der Waals surface area contributed by atoms with E-state index in [1.807, 2.05) is 0 Å². The van der Waals surface area contributed by atoms with E-state index in [4.69, 9.17) is 4.98 Å². The molecule has 0 aliphatic heterocycles. The summed E-state index contributed by atoms with van der Waals surface area (Å²) in [5.41, 5.74) is 1.22. The van der Waals surface area contributed by atoms with Gasteiger partial charge in [-0.15, -0.1) is 11.3 Å². The normalized spacial score (nSPS) is 13.5. The third-order valence-electron chi connectivity index (χ3n) is 3.85. The fourth-order valence-electron chi connectivity index (χ4n) is 2.69. The second-order valence-corrected chi connectivity index (χ2v) is 6.04. The lowest BCUT2D eigenvalue weighted by Crippen LogP contribution is -2.38. The summed E-state index contributed by atoms with van der Waals surface area (Å²) >= 11 is 1.70. The quantitative estimate of drug-likeness (QED) is 0.797. The van der Waals surface area contributed by atoms with Crippen LogP contribution < -0.4 is 5.32 Å². The Hall–Kier alpha value is -0.870. The predicted octanol–water partition coefficient (Wildman–Crippen LogP) is 3.74. The van der Waals surface area contributed by atoms with E-state index < -0.39 is 0 Å². The zero-order chi connectivity index (χ0) is 13.7. The van der Waals surface area contributed by atoms with Gasteiger partial charge in [-0.2, -0.15) is 0 Å². The van der Waals surface area contributed by atoms with Crippen molar-refractivity contribution in [1.82, 2.24) is 14.7 Å². The van der Waals surface area contributed by atoms with E-state index in [0.717, 1.165) is 23.8 Å². The van der Waals surface area contributed by atoms with Crippen molar-refractivity contribution >= 4 is 16.3 Å². The van der Waals surface area contributed by atoms with Crippen LogP contribution in [0.1, 0.15) is 45.7 Å². The second-order valence-electron chi connectivity index (χ2n) is 5.17. The van der Waals surface area contributed by atoms with E-state index in [-0.39, 0.29) is 0 Å².